The molecule has 0 N–H and O–H groups in total. The van der Waals surface area contributed by atoms with Gasteiger partial charge >= 0.3 is 0 Å². The molecule has 0 spiro atoms. The van der Waals surface area contributed by atoms with Crippen LogP contribution in [0.4, 0.5) is 0 Å². The maximum Gasteiger partial charge on any atom is 0.261 e. The van der Waals surface area contributed by atoms with Gasteiger partial charge in [-0.25, -0.2) is 5.01 Å². The Kier molecular flexibility index (Phi) is 4.86. The Morgan fingerprint density at radius 3 is 2.10 bits per heavy atom. The number of fused-ring (bicyclic) bond motifs is 1. The van der Waals surface area contributed by atoms with Gasteiger partial charge in [0.05, 0.1) is 28.8 Å². The molecule has 2 aliphatic heterocycles. The molecule has 0 saturated carbocycles. The molecule has 7 heteroatoms. The lowest BCUT2D eigenvalue weighted by molar-refractivity contribution is -0.141. The average molecular weight is 454 g/mol. The predicted octanol–water partition coefficient (Wildman–Crippen LogP) is 3.71. The molecule has 148 valence electrons. The molecule has 4 rings (SSSR count). The second-order valence-corrected chi connectivity index (χ2v) is 8.77. The Morgan fingerprint density at radius 1 is 0.931 bits per heavy atom. The minimum Gasteiger partial charge on any atom is -0.272 e. The number of carbonyl (C=O) groups excluding carboxylic acids is 3. The first kappa shape index (κ1) is 19.5. The van der Waals surface area contributed by atoms with Crippen LogP contribution in [-0.2, 0) is 4.79 Å². The molecular formula is C22H20BrN3O3. The van der Waals surface area contributed by atoms with Crippen molar-refractivity contribution in [3.8, 4) is 0 Å². The molecule has 2 aromatic carbocycles. The van der Waals surface area contributed by atoms with Crippen LogP contribution in [0.15, 0.2) is 58.1 Å². The number of hydrazone groups is 1. The number of rotatable bonds is 4. The van der Waals surface area contributed by atoms with Crippen LogP contribution in [-0.4, -0.2) is 46.4 Å². The minimum absolute atomic E-state index is 0.102. The molecule has 29 heavy (non-hydrogen) atoms. The van der Waals surface area contributed by atoms with Crippen molar-refractivity contribution in [1.82, 2.24) is 9.91 Å². The molecule has 0 fully saturated rings. The smallest absolute Gasteiger partial charge is 0.261 e. The van der Waals surface area contributed by atoms with Gasteiger partial charge in [0, 0.05) is 17.4 Å². The number of nitrogens with zero attached hydrogens (tertiary/aromatic N) is 3. The van der Waals surface area contributed by atoms with Gasteiger partial charge < -0.3 is 0 Å². The van der Waals surface area contributed by atoms with E-state index in [9.17, 15) is 14.4 Å². The zero-order chi connectivity index (χ0) is 20.8. The van der Waals surface area contributed by atoms with E-state index in [2.05, 4.69) is 21.0 Å². The normalized spacial score (nSPS) is 18.2. The van der Waals surface area contributed by atoms with Gasteiger partial charge in [0.1, 0.15) is 0 Å². The fourth-order valence-corrected chi connectivity index (χ4v) is 3.92. The zero-order valence-electron chi connectivity index (χ0n) is 16.2. The molecule has 2 heterocycles. The van der Waals surface area contributed by atoms with Crippen LogP contribution in [0.5, 0.6) is 0 Å². The zero-order valence-corrected chi connectivity index (χ0v) is 17.8. The highest BCUT2D eigenvalue weighted by Crippen LogP contribution is 2.31. The fraction of sp³-hybridized carbons (Fsp3) is 0.273. The third-order valence-electron chi connectivity index (χ3n) is 5.26. The summed E-state index contributed by atoms with van der Waals surface area (Å²) in [5.41, 5.74) is 1.94. The van der Waals surface area contributed by atoms with Crippen LogP contribution in [0.2, 0.25) is 0 Å². The Balaban J connectivity index is 1.56. The van der Waals surface area contributed by atoms with Crippen LogP contribution >= 0.6 is 15.9 Å². The van der Waals surface area contributed by atoms with Gasteiger partial charge in [-0.3, -0.25) is 19.3 Å². The molecule has 3 amide bonds. The number of amides is 3. The van der Waals surface area contributed by atoms with Crippen molar-refractivity contribution in [3.05, 3.63) is 69.7 Å². The summed E-state index contributed by atoms with van der Waals surface area (Å²) in [6.07, 6.45) is 0.525. The van der Waals surface area contributed by atoms with Crippen molar-refractivity contribution < 1.29 is 14.4 Å². The van der Waals surface area contributed by atoms with Crippen LogP contribution in [0.1, 0.15) is 46.5 Å². The van der Waals surface area contributed by atoms with E-state index < -0.39 is 5.41 Å². The molecule has 0 bridgehead atoms. The number of benzene rings is 2. The van der Waals surface area contributed by atoms with Crippen LogP contribution in [0.3, 0.4) is 0 Å². The standard InChI is InChI=1S/C22H20BrN3O3/c1-22(2)13-18(14-7-9-15(23)10-8-14)24-26(21(22)29)12-11-25-19(27)16-5-3-4-6-17(16)20(25)28/h3-10H,11-13H2,1-2H3. The Morgan fingerprint density at radius 2 is 1.52 bits per heavy atom. The van der Waals surface area contributed by atoms with Gasteiger partial charge in [-0.1, -0.05) is 54.0 Å². The molecule has 0 radical (unpaired) electrons. The molecule has 2 aromatic rings. The summed E-state index contributed by atoms with van der Waals surface area (Å²) >= 11 is 3.43. The van der Waals surface area contributed by atoms with Crippen molar-refractivity contribution in [3.63, 3.8) is 0 Å². The highest BCUT2D eigenvalue weighted by atomic mass is 79.9. The average Bonchev–Trinajstić information content (AvgIpc) is 2.94. The highest BCUT2D eigenvalue weighted by molar-refractivity contribution is 9.10. The number of hydrogen-bond donors (Lipinski definition) is 0. The van der Waals surface area contributed by atoms with Gasteiger partial charge in [-0.2, -0.15) is 5.10 Å². The first-order valence-corrected chi connectivity index (χ1v) is 10.2. The van der Waals surface area contributed by atoms with E-state index >= 15 is 0 Å². The summed E-state index contributed by atoms with van der Waals surface area (Å²) in [6, 6.07) is 14.5. The van der Waals surface area contributed by atoms with Gasteiger partial charge in [-0.05, 0) is 29.8 Å². The van der Waals surface area contributed by atoms with Crippen molar-refractivity contribution in [2.24, 2.45) is 10.5 Å². The van der Waals surface area contributed by atoms with E-state index in [1.165, 1.54) is 9.91 Å². The van der Waals surface area contributed by atoms with Crippen molar-refractivity contribution in [2.45, 2.75) is 20.3 Å². The second-order valence-electron chi connectivity index (χ2n) is 7.85. The third-order valence-corrected chi connectivity index (χ3v) is 5.78. The van der Waals surface area contributed by atoms with Crippen molar-refractivity contribution >= 4 is 39.4 Å². The number of halogens is 1. The minimum atomic E-state index is -0.619. The lowest BCUT2D eigenvalue weighted by Gasteiger charge is -2.35. The summed E-state index contributed by atoms with van der Waals surface area (Å²) in [5, 5.41) is 5.95. The van der Waals surface area contributed by atoms with Gasteiger partial charge in [0.15, 0.2) is 0 Å². The fourth-order valence-electron chi connectivity index (χ4n) is 3.66. The molecule has 0 aromatic heterocycles. The lowest BCUT2D eigenvalue weighted by Crippen LogP contribution is -2.47. The maximum atomic E-state index is 12.9. The molecule has 0 saturated heterocycles. The SMILES string of the molecule is CC1(C)CC(c2ccc(Br)cc2)=NN(CCN2C(=O)c3ccccc3C2=O)C1=O. The lowest BCUT2D eigenvalue weighted by atomic mass is 9.83. The molecular weight excluding hydrogens is 434 g/mol. The molecule has 0 atom stereocenters. The van der Waals surface area contributed by atoms with Crippen LogP contribution in [0, 0.1) is 5.41 Å². The monoisotopic (exact) mass is 453 g/mol. The molecule has 2 aliphatic rings. The predicted molar refractivity (Wildman–Crippen MR) is 113 cm³/mol. The van der Waals surface area contributed by atoms with Crippen molar-refractivity contribution in [1.29, 1.82) is 0 Å². The summed E-state index contributed by atoms with van der Waals surface area (Å²) in [5.74, 6) is -0.771. The summed E-state index contributed by atoms with van der Waals surface area (Å²) < 4.78 is 0.968. The summed E-state index contributed by atoms with van der Waals surface area (Å²) in [6.45, 7) is 4.04. The summed E-state index contributed by atoms with van der Waals surface area (Å²) in [7, 11) is 0. The highest BCUT2D eigenvalue weighted by Gasteiger charge is 2.40. The Labute approximate surface area is 177 Å². The van der Waals surface area contributed by atoms with E-state index in [0.717, 1.165) is 15.7 Å². The van der Waals surface area contributed by atoms with Crippen LogP contribution in [0.25, 0.3) is 0 Å². The van der Waals surface area contributed by atoms with Gasteiger partial charge in [-0.15, -0.1) is 0 Å². The van der Waals surface area contributed by atoms with E-state index in [4.69, 9.17) is 0 Å². The number of hydrogen-bond acceptors (Lipinski definition) is 4. The first-order chi connectivity index (χ1) is 13.8. The van der Waals surface area contributed by atoms with Gasteiger partial charge in [0.2, 0.25) is 5.91 Å². The topological polar surface area (TPSA) is 70.0 Å². The van der Waals surface area contributed by atoms with E-state index in [1.54, 1.807) is 24.3 Å². The van der Waals surface area contributed by atoms with E-state index in [-0.39, 0.29) is 30.8 Å². The maximum absolute atomic E-state index is 12.9. The van der Waals surface area contributed by atoms with Crippen molar-refractivity contribution in [2.75, 3.05) is 13.1 Å². The molecule has 0 aliphatic carbocycles. The third kappa shape index (κ3) is 3.51. The quantitative estimate of drug-likeness (QED) is 0.662. The van der Waals surface area contributed by atoms with E-state index in [0.29, 0.717) is 17.5 Å². The van der Waals surface area contributed by atoms with Gasteiger partial charge in [0.25, 0.3) is 11.8 Å². The first-order valence-electron chi connectivity index (χ1n) is 9.38. The van der Waals surface area contributed by atoms with E-state index in [1.807, 2.05) is 38.1 Å². The second kappa shape index (κ2) is 7.22. The number of carbonyl (C=O) groups is 3. The molecule has 0 unspecified atom stereocenters. The largest absolute Gasteiger partial charge is 0.272 e. The Bertz CT molecular complexity index is 1010. The van der Waals surface area contributed by atoms with Crippen LogP contribution < -0.4 is 0 Å². The number of imide groups is 1. The molecule has 6 nitrogen and oxygen atoms in total. The summed E-state index contributed by atoms with van der Waals surface area (Å²) in [4.78, 5) is 39.2. The Hall–Kier alpha value is -2.80.